The smallest absolute Gasteiger partial charge is 0.138 e. The van der Waals surface area contributed by atoms with E-state index in [2.05, 4.69) is 23.1 Å². The van der Waals surface area contributed by atoms with E-state index in [0.29, 0.717) is 0 Å². The van der Waals surface area contributed by atoms with Crippen LogP contribution in [0.5, 0.6) is 0 Å². The van der Waals surface area contributed by atoms with Crippen LogP contribution in [0.1, 0.15) is 44.9 Å². The van der Waals surface area contributed by atoms with E-state index in [1.165, 1.54) is 18.4 Å². The van der Waals surface area contributed by atoms with Gasteiger partial charge in [-0.3, -0.25) is 0 Å². The molecule has 0 fully saturated rings. The lowest BCUT2D eigenvalue weighted by Crippen LogP contribution is -2.07. The number of alkyl halides is 1. The first-order chi connectivity index (χ1) is 8.29. The summed E-state index contributed by atoms with van der Waals surface area (Å²) in [5.74, 6) is 1.07. The third kappa shape index (κ3) is 3.56. The summed E-state index contributed by atoms with van der Waals surface area (Å²) in [6.07, 6.45) is 10.6. The molecular weight excluding hydrogens is 234 g/mol. The average Bonchev–Trinajstić information content (AvgIpc) is 2.61. The van der Waals surface area contributed by atoms with E-state index in [-0.39, 0.29) is 5.38 Å². The Balaban J connectivity index is 2.05. The fraction of sp³-hybridized carbons (Fsp3) is 0.692. The summed E-state index contributed by atoms with van der Waals surface area (Å²) < 4.78 is 2.01. The van der Waals surface area contributed by atoms with Crippen LogP contribution in [-0.4, -0.2) is 20.1 Å². The molecule has 1 aromatic heterocycles. The highest BCUT2D eigenvalue weighted by Crippen LogP contribution is 2.23. The van der Waals surface area contributed by atoms with Crippen LogP contribution < -0.4 is 0 Å². The van der Waals surface area contributed by atoms with Crippen molar-refractivity contribution in [2.24, 2.45) is 0 Å². The summed E-state index contributed by atoms with van der Waals surface area (Å²) in [7, 11) is 0. The number of halogens is 1. The van der Waals surface area contributed by atoms with Crippen LogP contribution in [0.4, 0.5) is 0 Å². The molecule has 1 atom stereocenters. The molecule has 94 valence electrons. The van der Waals surface area contributed by atoms with Crippen LogP contribution in [0.2, 0.25) is 0 Å². The van der Waals surface area contributed by atoms with Crippen LogP contribution in [0.15, 0.2) is 18.0 Å². The molecule has 0 aliphatic heterocycles. The van der Waals surface area contributed by atoms with E-state index in [1.54, 1.807) is 6.33 Å². The van der Waals surface area contributed by atoms with Gasteiger partial charge in [0.1, 0.15) is 12.2 Å². The van der Waals surface area contributed by atoms with Crippen molar-refractivity contribution in [3.8, 4) is 0 Å². The second-order valence-corrected chi connectivity index (χ2v) is 5.22. The zero-order valence-corrected chi connectivity index (χ0v) is 11.2. The third-order valence-electron chi connectivity index (χ3n) is 3.16. The molecule has 0 spiro atoms. The standard InChI is InChI=1S/C13H20ClN3/c1-2-7-17-13(15-10-16-17)9-11-5-3-4-6-12(14)8-11/h8,10,12H,2-7,9H2,1H3. The van der Waals surface area contributed by atoms with E-state index >= 15 is 0 Å². The number of hydrogen-bond donors (Lipinski definition) is 0. The maximum Gasteiger partial charge on any atom is 0.138 e. The second kappa shape index (κ2) is 6.20. The third-order valence-corrected chi connectivity index (χ3v) is 3.50. The van der Waals surface area contributed by atoms with Crippen molar-refractivity contribution in [1.82, 2.24) is 14.8 Å². The van der Waals surface area contributed by atoms with Gasteiger partial charge in [0, 0.05) is 13.0 Å². The Labute approximate surface area is 108 Å². The van der Waals surface area contributed by atoms with Crippen LogP contribution >= 0.6 is 11.6 Å². The van der Waals surface area contributed by atoms with Crippen molar-refractivity contribution in [3.05, 3.63) is 23.8 Å². The van der Waals surface area contributed by atoms with Gasteiger partial charge >= 0.3 is 0 Å². The average molecular weight is 254 g/mol. The molecule has 1 heterocycles. The van der Waals surface area contributed by atoms with Crippen LogP contribution in [0, 0.1) is 0 Å². The van der Waals surface area contributed by atoms with Crippen LogP contribution in [-0.2, 0) is 13.0 Å². The highest BCUT2D eigenvalue weighted by Gasteiger charge is 2.12. The number of nitrogens with zero attached hydrogens (tertiary/aromatic N) is 3. The van der Waals surface area contributed by atoms with Crippen molar-refractivity contribution >= 4 is 11.6 Å². The number of aromatic nitrogens is 3. The monoisotopic (exact) mass is 253 g/mol. The van der Waals surface area contributed by atoms with E-state index in [4.69, 9.17) is 11.6 Å². The largest absolute Gasteiger partial charge is 0.250 e. The minimum Gasteiger partial charge on any atom is -0.250 e. The first-order valence-corrected chi connectivity index (χ1v) is 6.93. The van der Waals surface area contributed by atoms with E-state index in [0.717, 1.165) is 38.1 Å². The van der Waals surface area contributed by atoms with Gasteiger partial charge in [0.25, 0.3) is 0 Å². The molecule has 17 heavy (non-hydrogen) atoms. The van der Waals surface area contributed by atoms with E-state index < -0.39 is 0 Å². The summed E-state index contributed by atoms with van der Waals surface area (Å²) in [4.78, 5) is 4.35. The Morgan fingerprint density at radius 1 is 1.47 bits per heavy atom. The topological polar surface area (TPSA) is 30.7 Å². The molecule has 1 unspecified atom stereocenters. The summed E-state index contributed by atoms with van der Waals surface area (Å²) in [6, 6.07) is 0. The molecule has 1 aromatic rings. The first kappa shape index (κ1) is 12.6. The summed E-state index contributed by atoms with van der Waals surface area (Å²) >= 11 is 6.24. The number of allylic oxidation sites excluding steroid dienone is 2. The van der Waals surface area contributed by atoms with Crippen molar-refractivity contribution in [2.75, 3.05) is 0 Å². The minimum absolute atomic E-state index is 0.204. The van der Waals surface area contributed by atoms with Crippen LogP contribution in [0.3, 0.4) is 0 Å². The zero-order valence-electron chi connectivity index (χ0n) is 10.4. The van der Waals surface area contributed by atoms with E-state index in [1.807, 2.05) is 4.68 Å². The van der Waals surface area contributed by atoms with Crippen molar-refractivity contribution < 1.29 is 0 Å². The lowest BCUT2D eigenvalue weighted by Gasteiger charge is -2.07. The molecule has 0 N–H and O–H groups in total. The minimum atomic E-state index is 0.204. The molecule has 1 aliphatic rings. The van der Waals surface area contributed by atoms with Gasteiger partial charge in [0.2, 0.25) is 0 Å². The van der Waals surface area contributed by atoms with Gasteiger partial charge in [-0.25, -0.2) is 9.67 Å². The Bertz CT molecular complexity index is 384. The fourth-order valence-corrected chi connectivity index (χ4v) is 2.62. The maximum atomic E-state index is 6.24. The molecule has 0 saturated carbocycles. The molecule has 1 aliphatic carbocycles. The van der Waals surface area contributed by atoms with Gasteiger partial charge in [-0.05, 0) is 25.7 Å². The number of hydrogen-bond acceptors (Lipinski definition) is 2. The van der Waals surface area contributed by atoms with E-state index in [9.17, 15) is 0 Å². The SMILES string of the molecule is CCCn1ncnc1CC1=CC(Cl)CCCC1. The van der Waals surface area contributed by atoms with Gasteiger partial charge in [0.15, 0.2) is 0 Å². The molecule has 3 nitrogen and oxygen atoms in total. The van der Waals surface area contributed by atoms with Gasteiger partial charge in [-0.2, -0.15) is 5.10 Å². The normalized spacial score (nSPS) is 21.1. The van der Waals surface area contributed by atoms with Crippen molar-refractivity contribution in [3.63, 3.8) is 0 Å². The summed E-state index contributed by atoms with van der Waals surface area (Å²) in [5.41, 5.74) is 1.42. The van der Waals surface area contributed by atoms with Gasteiger partial charge in [0.05, 0.1) is 5.38 Å². The number of rotatable bonds is 4. The molecule has 0 aromatic carbocycles. The predicted molar refractivity (Wildman–Crippen MR) is 70.2 cm³/mol. The first-order valence-electron chi connectivity index (χ1n) is 6.50. The van der Waals surface area contributed by atoms with Crippen molar-refractivity contribution in [1.29, 1.82) is 0 Å². The molecule has 4 heteroatoms. The Kier molecular flexibility index (Phi) is 4.60. The van der Waals surface area contributed by atoms with Gasteiger partial charge in [-0.15, -0.1) is 11.6 Å². The molecule has 0 saturated heterocycles. The highest BCUT2D eigenvalue weighted by atomic mass is 35.5. The molecule has 0 radical (unpaired) electrons. The second-order valence-electron chi connectivity index (χ2n) is 4.66. The summed E-state index contributed by atoms with van der Waals surface area (Å²) in [6.45, 7) is 3.11. The van der Waals surface area contributed by atoms with Crippen LogP contribution in [0.25, 0.3) is 0 Å². The summed E-state index contributed by atoms with van der Waals surface area (Å²) in [5, 5.41) is 4.46. The Morgan fingerprint density at radius 2 is 2.35 bits per heavy atom. The van der Waals surface area contributed by atoms with Gasteiger partial charge < -0.3 is 0 Å². The van der Waals surface area contributed by atoms with Crippen molar-refractivity contribution in [2.45, 2.75) is 57.4 Å². The molecule has 0 amide bonds. The lowest BCUT2D eigenvalue weighted by molar-refractivity contribution is 0.572. The lowest BCUT2D eigenvalue weighted by atomic mass is 10.1. The number of aryl methyl sites for hydroxylation is 1. The molecule has 2 rings (SSSR count). The van der Waals surface area contributed by atoms with Gasteiger partial charge in [-0.1, -0.05) is 25.0 Å². The fourth-order valence-electron chi connectivity index (χ4n) is 2.29. The Morgan fingerprint density at radius 3 is 3.18 bits per heavy atom. The highest BCUT2D eigenvalue weighted by molar-refractivity contribution is 6.21. The zero-order chi connectivity index (χ0) is 12.1. The quantitative estimate of drug-likeness (QED) is 0.609. The Hall–Kier alpha value is -0.830. The molecule has 0 bridgehead atoms. The maximum absolute atomic E-state index is 6.24. The molecular formula is C13H20ClN3. The predicted octanol–water partition coefficient (Wildman–Crippen LogP) is 3.34.